The van der Waals surface area contributed by atoms with Gasteiger partial charge < -0.3 is 0 Å². The molecule has 1 aliphatic carbocycles. The SMILES string of the molecule is C/C=C/CC1(C#N)CCC1. The second kappa shape index (κ2) is 2.88. The molecule has 1 fully saturated rings. The predicted octanol–water partition coefficient (Wildman–Crippen LogP) is 2.65. The van der Waals surface area contributed by atoms with Crippen molar-refractivity contribution in [2.45, 2.75) is 32.6 Å². The minimum Gasteiger partial charge on any atom is -0.198 e. The second-order valence-electron chi connectivity index (χ2n) is 3.02. The normalized spacial score (nSPS) is 22.0. The molecule has 1 rings (SSSR count). The fourth-order valence-corrected chi connectivity index (χ4v) is 1.31. The Kier molecular flexibility index (Phi) is 2.11. The number of nitriles is 1. The molecule has 54 valence electrons. The van der Waals surface area contributed by atoms with Gasteiger partial charge in [0, 0.05) is 0 Å². The lowest BCUT2D eigenvalue weighted by molar-refractivity contribution is 0.218. The van der Waals surface area contributed by atoms with E-state index >= 15 is 0 Å². The molecule has 0 aromatic carbocycles. The van der Waals surface area contributed by atoms with Gasteiger partial charge in [-0.2, -0.15) is 5.26 Å². The lowest BCUT2D eigenvalue weighted by atomic mass is 9.68. The molecule has 0 unspecified atom stereocenters. The summed E-state index contributed by atoms with van der Waals surface area (Å²) in [5, 5.41) is 8.78. The predicted molar refractivity (Wildman–Crippen MR) is 41.3 cm³/mol. The molecule has 0 spiro atoms. The zero-order valence-electron chi connectivity index (χ0n) is 6.43. The van der Waals surface area contributed by atoms with Crippen LogP contribution >= 0.6 is 0 Å². The van der Waals surface area contributed by atoms with E-state index in [0.29, 0.717) is 0 Å². The van der Waals surface area contributed by atoms with Crippen LogP contribution in [0, 0.1) is 16.7 Å². The molecule has 0 aliphatic heterocycles. The minimum atomic E-state index is 0.0342. The van der Waals surface area contributed by atoms with E-state index in [4.69, 9.17) is 5.26 Å². The molecule has 0 amide bonds. The highest BCUT2D eigenvalue weighted by Crippen LogP contribution is 2.43. The van der Waals surface area contributed by atoms with E-state index in [1.54, 1.807) is 0 Å². The molecule has 10 heavy (non-hydrogen) atoms. The number of hydrogen-bond donors (Lipinski definition) is 0. The maximum atomic E-state index is 8.78. The van der Waals surface area contributed by atoms with E-state index in [2.05, 4.69) is 12.1 Å². The van der Waals surface area contributed by atoms with E-state index in [-0.39, 0.29) is 5.41 Å². The highest BCUT2D eigenvalue weighted by atomic mass is 14.4. The van der Waals surface area contributed by atoms with Crippen LogP contribution in [0.25, 0.3) is 0 Å². The number of hydrogen-bond acceptors (Lipinski definition) is 1. The zero-order valence-corrected chi connectivity index (χ0v) is 6.43. The molecule has 1 aliphatic rings. The summed E-state index contributed by atoms with van der Waals surface area (Å²) in [6, 6.07) is 2.40. The summed E-state index contributed by atoms with van der Waals surface area (Å²) in [5.41, 5.74) is 0.0342. The largest absolute Gasteiger partial charge is 0.198 e. The van der Waals surface area contributed by atoms with Crippen molar-refractivity contribution < 1.29 is 0 Å². The van der Waals surface area contributed by atoms with Gasteiger partial charge in [-0.3, -0.25) is 0 Å². The highest BCUT2D eigenvalue weighted by Gasteiger charge is 2.35. The topological polar surface area (TPSA) is 23.8 Å². The summed E-state index contributed by atoms with van der Waals surface area (Å²) >= 11 is 0. The molecule has 0 bridgehead atoms. The maximum absolute atomic E-state index is 8.78. The third kappa shape index (κ3) is 1.21. The van der Waals surface area contributed by atoms with Gasteiger partial charge in [0.1, 0.15) is 0 Å². The summed E-state index contributed by atoms with van der Waals surface area (Å²) in [7, 11) is 0. The van der Waals surface area contributed by atoms with Crippen LogP contribution in [0.5, 0.6) is 0 Å². The van der Waals surface area contributed by atoms with E-state index in [9.17, 15) is 0 Å². The van der Waals surface area contributed by atoms with Crippen molar-refractivity contribution in [2.24, 2.45) is 5.41 Å². The van der Waals surface area contributed by atoms with Crippen LogP contribution in [0.4, 0.5) is 0 Å². The molecule has 1 nitrogen and oxygen atoms in total. The van der Waals surface area contributed by atoms with Gasteiger partial charge in [-0.1, -0.05) is 18.6 Å². The maximum Gasteiger partial charge on any atom is 0.0693 e. The van der Waals surface area contributed by atoms with Crippen LogP contribution in [-0.2, 0) is 0 Å². The molecule has 0 aromatic rings. The smallest absolute Gasteiger partial charge is 0.0693 e. The first-order valence-corrected chi connectivity index (χ1v) is 3.85. The van der Waals surface area contributed by atoms with Crippen LogP contribution in [-0.4, -0.2) is 0 Å². The summed E-state index contributed by atoms with van der Waals surface area (Å²) in [6.07, 6.45) is 8.53. The van der Waals surface area contributed by atoms with Crippen LogP contribution in [0.2, 0.25) is 0 Å². The van der Waals surface area contributed by atoms with Gasteiger partial charge in [0.2, 0.25) is 0 Å². The Morgan fingerprint density at radius 1 is 1.60 bits per heavy atom. The number of rotatable bonds is 2. The third-order valence-corrected chi connectivity index (χ3v) is 2.29. The standard InChI is InChI=1S/C9H13N/c1-2-3-5-9(8-10)6-4-7-9/h2-3H,4-7H2,1H3/b3-2+. The summed E-state index contributed by atoms with van der Waals surface area (Å²) in [6.45, 7) is 2.00. The molecule has 1 saturated carbocycles. The van der Waals surface area contributed by atoms with Crippen molar-refractivity contribution in [1.82, 2.24) is 0 Å². The summed E-state index contributed by atoms with van der Waals surface area (Å²) < 4.78 is 0. The monoisotopic (exact) mass is 135 g/mol. The number of nitrogens with zero attached hydrogens (tertiary/aromatic N) is 1. The summed E-state index contributed by atoms with van der Waals surface area (Å²) in [5.74, 6) is 0. The quantitative estimate of drug-likeness (QED) is 0.534. The van der Waals surface area contributed by atoms with Crippen LogP contribution in [0.1, 0.15) is 32.6 Å². The highest BCUT2D eigenvalue weighted by molar-refractivity contribution is 5.07. The molecular formula is C9H13N. The van der Waals surface area contributed by atoms with Crippen LogP contribution in [0.3, 0.4) is 0 Å². The molecule has 0 radical (unpaired) electrons. The Hall–Kier alpha value is -0.770. The van der Waals surface area contributed by atoms with Gasteiger partial charge in [0.25, 0.3) is 0 Å². The fourth-order valence-electron chi connectivity index (χ4n) is 1.31. The molecule has 1 heteroatoms. The molecule has 0 saturated heterocycles. The van der Waals surface area contributed by atoms with Gasteiger partial charge in [0.15, 0.2) is 0 Å². The van der Waals surface area contributed by atoms with E-state index < -0.39 is 0 Å². The van der Waals surface area contributed by atoms with Crippen LogP contribution in [0.15, 0.2) is 12.2 Å². The lowest BCUT2D eigenvalue weighted by Gasteiger charge is -2.33. The Bertz CT molecular complexity index is 170. The minimum absolute atomic E-state index is 0.0342. The summed E-state index contributed by atoms with van der Waals surface area (Å²) in [4.78, 5) is 0. The fraction of sp³-hybridized carbons (Fsp3) is 0.667. The van der Waals surface area contributed by atoms with Crippen molar-refractivity contribution >= 4 is 0 Å². The van der Waals surface area contributed by atoms with Crippen molar-refractivity contribution in [3.05, 3.63) is 12.2 Å². The zero-order chi connectivity index (χ0) is 7.45. The molecule has 0 aromatic heterocycles. The Morgan fingerprint density at radius 3 is 2.60 bits per heavy atom. The van der Waals surface area contributed by atoms with Gasteiger partial charge in [0.05, 0.1) is 11.5 Å². The molecule has 0 atom stereocenters. The third-order valence-electron chi connectivity index (χ3n) is 2.29. The lowest BCUT2D eigenvalue weighted by Crippen LogP contribution is -2.26. The molecule has 0 N–H and O–H groups in total. The van der Waals surface area contributed by atoms with Crippen molar-refractivity contribution in [1.29, 1.82) is 5.26 Å². The average Bonchev–Trinajstić information content (AvgIpc) is 1.87. The van der Waals surface area contributed by atoms with Crippen molar-refractivity contribution in [2.75, 3.05) is 0 Å². The average molecular weight is 135 g/mol. The van der Waals surface area contributed by atoms with E-state index in [1.165, 1.54) is 6.42 Å². The Labute approximate surface area is 62.4 Å². The van der Waals surface area contributed by atoms with E-state index in [0.717, 1.165) is 19.3 Å². The first kappa shape index (κ1) is 7.34. The molecular weight excluding hydrogens is 122 g/mol. The molecule has 0 heterocycles. The van der Waals surface area contributed by atoms with Gasteiger partial charge in [-0.15, -0.1) is 0 Å². The first-order valence-electron chi connectivity index (χ1n) is 3.85. The van der Waals surface area contributed by atoms with Gasteiger partial charge >= 0.3 is 0 Å². The van der Waals surface area contributed by atoms with E-state index in [1.807, 2.05) is 13.0 Å². The van der Waals surface area contributed by atoms with Gasteiger partial charge in [-0.25, -0.2) is 0 Å². The van der Waals surface area contributed by atoms with Crippen LogP contribution < -0.4 is 0 Å². The number of allylic oxidation sites excluding steroid dienone is 2. The van der Waals surface area contributed by atoms with Crippen molar-refractivity contribution in [3.8, 4) is 6.07 Å². The second-order valence-corrected chi connectivity index (χ2v) is 3.02. The van der Waals surface area contributed by atoms with Crippen molar-refractivity contribution in [3.63, 3.8) is 0 Å². The first-order chi connectivity index (χ1) is 4.83. The Morgan fingerprint density at radius 2 is 2.30 bits per heavy atom. The Balaban J connectivity index is 2.43. The van der Waals surface area contributed by atoms with Gasteiger partial charge in [-0.05, 0) is 26.2 Å².